The fourth-order valence-corrected chi connectivity index (χ4v) is 4.14. The molecular formula is C24H28FN5O4S. The Labute approximate surface area is 203 Å². The van der Waals surface area contributed by atoms with Crippen LogP contribution in [-0.4, -0.2) is 74.1 Å². The molecular weight excluding hydrogens is 473 g/mol. The van der Waals surface area contributed by atoms with E-state index in [1.54, 1.807) is 0 Å². The van der Waals surface area contributed by atoms with E-state index in [0.717, 1.165) is 11.6 Å². The Balaban J connectivity index is 1.97. The van der Waals surface area contributed by atoms with Gasteiger partial charge in [-0.05, 0) is 39.2 Å². The molecule has 9 nitrogen and oxygen atoms in total. The first-order valence-electron chi connectivity index (χ1n) is 10.7. The molecule has 0 saturated heterocycles. The quantitative estimate of drug-likeness (QED) is 0.312. The van der Waals surface area contributed by atoms with Gasteiger partial charge in [0.05, 0.1) is 24.2 Å². The largest absolute Gasteiger partial charge is 0.395 e. The number of halogens is 1. The number of hydrogen-bond donors (Lipinski definition) is 4. The van der Waals surface area contributed by atoms with Crippen molar-refractivity contribution in [3.05, 3.63) is 71.7 Å². The average molecular weight is 502 g/mol. The van der Waals surface area contributed by atoms with Gasteiger partial charge >= 0.3 is 0 Å². The predicted molar refractivity (Wildman–Crippen MR) is 135 cm³/mol. The molecule has 3 aromatic rings. The molecule has 0 spiro atoms. The van der Waals surface area contributed by atoms with E-state index in [0.29, 0.717) is 5.69 Å². The van der Waals surface area contributed by atoms with Crippen molar-refractivity contribution < 1.29 is 23.6 Å². The maximum atomic E-state index is 14.5. The number of amides is 1. The molecule has 1 unspecified atom stereocenters. The van der Waals surface area contributed by atoms with Gasteiger partial charge in [-0.3, -0.25) is 9.00 Å². The normalized spacial score (nSPS) is 13.5. The first-order chi connectivity index (χ1) is 16.6. The Morgan fingerprint density at radius 3 is 2.54 bits per heavy atom. The van der Waals surface area contributed by atoms with Crippen molar-refractivity contribution in [1.82, 2.24) is 14.9 Å². The minimum absolute atomic E-state index is 0.00726. The third kappa shape index (κ3) is 6.53. The first kappa shape index (κ1) is 26.1. The number of hydrogen-bond acceptors (Lipinski definition) is 8. The second-order valence-corrected chi connectivity index (χ2v) is 10.4. The smallest absolute Gasteiger partial charge is 0.259 e. The van der Waals surface area contributed by atoms with Crippen LogP contribution in [0.15, 0.2) is 59.6 Å². The van der Waals surface area contributed by atoms with Gasteiger partial charge in [-0.1, -0.05) is 30.3 Å². The van der Waals surface area contributed by atoms with Crippen molar-refractivity contribution in [2.24, 2.45) is 0 Å². The van der Waals surface area contributed by atoms with Gasteiger partial charge in [0.2, 0.25) is 5.95 Å². The Bertz CT molecular complexity index is 1290. The predicted octanol–water partition coefficient (Wildman–Crippen LogP) is 2.27. The highest BCUT2D eigenvalue weighted by atomic mass is 32.2. The second kappa shape index (κ2) is 11.3. The molecule has 2 atom stereocenters. The monoisotopic (exact) mass is 501 g/mol. The van der Waals surface area contributed by atoms with Crippen molar-refractivity contribution in [2.75, 3.05) is 43.7 Å². The molecule has 0 saturated carbocycles. The summed E-state index contributed by atoms with van der Waals surface area (Å²) in [6.07, 6.45) is 2.67. The zero-order chi connectivity index (χ0) is 25.6. The molecule has 11 heteroatoms. The van der Waals surface area contributed by atoms with E-state index in [9.17, 15) is 23.6 Å². The molecule has 35 heavy (non-hydrogen) atoms. The SMILES string of the molecule is C=S(C)(=O)c1ccc(Nc2ncc(C(=O)N(C)CCO)c(N[C@H](CO)c3ccccc3)n2)cc1F. The average Bonchev–Trinajstić information content (AvgIpc) is 2.82. The van der Waals surface area contributed by atoms with Crippen molar-refractivity contribution in [2.45, 2.75) is 10.9 Å². The number of nitrogens with zero attached hydrogens (tertiary/aromatic N) is 3. The maximum Gasteiger partial charge on any atom is 0.259 e. The summed E-state index contributed by atoms with van der Waals surface area (Å²) >= 11 is 0. The standard InChI is InChI=1S/C24H28FN5O4S/c1-30(11-12-31)23(33)18-14-26-24(27-17-9-10-21(19(25)13-17)35(2,3)34)29-22(18)28-20(15-32)16-7-5-4-6-8-16/h4-10,13-14,20,31-32H,2,11-12,15H2,1,3H3,(H2,26,27,28,29)/t20-,35?/m1/s1. The molecule has 3 rings (SSSR count). The van der Waals surface area contributed by atoms with Gasteiger partial charge in [-0.15, -0.1) is 0 Å². The van der Waals surface area contributed by atoms with Crippen LogP contribution in [0.2, 0.25) is 0 Å². The topological polar surface area (TPSA) is 128 Å². The van der Waals surface area contributed by atoms with Gasteiger partial charge in [-0.2, -0.15) is 4.98 Å². The maximum absolute atomic E-state index is 14.5. The summed E-state index contributed by atoms with van der Waals surface area (Å²) in [5.74, 6) is 2.60. The van der Waals surface area contributed by atoms with E-state index in [4.69, 9.17) is 0 Å². The number of carbonyl (C=O) groups is 1. The Kier molecular flexibility index (Phi) is 8.39. The summed E-state index contributed by atoms with van der Waals surface area (Å²) in [4.78, 5) is 22.8. The van der Waals surface area contributed by atoms with Gasteiger partial charge in [0.15, 0.2) is 0 Å². The van der Waals surface area contributed by atoms with Crippen LogP contribution in [0, 0.1) is 5.82 Å². The summed E-state index contributed by atoms with van der Waals surface area (Å²) in [6.45, 7) is -0.377. The minimum Gasteiger partial charge on any atom is -0.395 e. The fourth-order valence-electron chi connectivity index (χ4n) is 3.31. The molecule has 1 heterocycles. The van der Waals surface area contributed by atoms with Crippen molar-refractivity contribution in [3.63, 3.8) is 0 Å². The number of nitrogens with one attached hydrogen (secondary N) is 2. The van der Waals surface area contributed by atoms with Gasteiger partial charge in [0.1, 0.15) is 17.2 Å². The molecule has 0 aliphatic carbocycles. The van der Waals surface area contributed by atoms with Crippen LogP contribution in [0.3, 0.4) is 0 Å². The molecule has 4 N–H and O–H groups in total. The molecule has 0 aliphatic heterocycles. The van der Waals surface area contributed by atoms with E-state index < -0.39 is 27.3 Å². The number of aliphatic hydroxyl groups excluding tert-OH is 2. The number of aromatic nitrogens is 2. The summed E-state index contributed by atoms with van der Waals surface area (Å²) in [6, 6.07) is 12.6. The number of rotatable bonds is 10. The molecule has 0 bridgehead atoms. The van der Waals surface area contributed by atoms with Gasteiger partial charge < -0.3 is 25.7 Å². The van der Waals surface area contributed by atoms with Crippen LogP contribution in [-0.2, 0) is 9.52 Å². The van der Waals surface area contributed by atoms with E-state index in [1.165, 1.54) is 36.5 Å². The van der Waals surface area contributed by atoms with E-state index >= 15 is 0 Å². The fraction of sp³-hybridized carbons (Fsp3) is 0.250. The minimum atomic E-state index is -2.73. The molecule has 2 aromatic carbocycles. The highest BCUT2D eigenvalue weighted by molar-refractivity contribution is 7.99. The number of carbonyl (C=O) groups excluding carboxylic acids is 1. The van der Waals surface area contributed by atoms with Crippen LogP contribution in [0.5, 0.6) is 0 Å². The third-order valence-corrected chi connectivity index (χ3v) is 6.41. The van der Waals surface area contributed by atoms with Crippen LogP contribution < -0.4 is 10.6 Å². The molecule has 0 aliphatic rings. The Morgan fingerprint density at radius 1 is 1.23 bits per heavy atom. The van der Waals surface area contributed by atoms with Crippen molar-refractivity contribution in [1.29, 1.82) is 0 Å². The summed E-state index contributed by atoms with van der Waals surface area (Å²) in [7, 11) is -1.19. The molecule has 1 aromatic heterocycles. The molecule has 1 amide bonds. The van der Waals surface area contributed by atoms with Gasteiger partial charge in [0.25, 0.3) is 5.91 Å². The second-order valence-electron chi connectivity index (χ2n) is 7.97. The lowest BCUT2D eigenvalue weighted by molar-refractivity contribution is 0.0767. The van der Waals surface area contributed by atoms with E-state index in [-0.39, 0.29) is 42.0 Å². The van der Waals surface area contributed by atoms with Crippen LogP contribution in [0.1, 0.15) is 22.0 Å². The molecule has 0 radical (unpaired) electrons. The van der Waals surface area contributed by atoms with Crippen LogP contribution in [0.4, 0.5) is 21.8 Å². The number of likely N-dealkylation sites (N-methyl/N-ethyl adjacent to an activating group) is 1. The van der Waals surface area contributed by atoms with Crippen molar-refractivity contribution >= 4 is 38.8 Å². The zero-order valence-corrected chi connectivity index (χ0v) is 20.3. The van der Waals surface area contributed by atoms with Gasteiger partial charge in [0, 0.05) is 31.7 Å². The number of benzene rings is 2. The molecule has 0 fully saturated rings. The lowest BCUT2D eigenvalue weighted by Gasteiger charge is -2.22. The Hall–Kier alpha value is -3.54. The first-order valence-corrected chi connectivity index (χ1v) is 12.8. The summed E-state index contributed by atoms with van der Waals surface area (Å²) in [5.41, 5.74) is 1.21. The zero-order valence-electron chi connectivity index (χ0n) is 19.4. The van der Waals surface area contributed by atoms with Crippen LogP contribution >= 0.6 is 0 Å². The third-order valence-electron chi connectivity index (χ3n) is 5.15. The van der Waals surface area contributed by atoms with Crippen LogP contribution in [0.25, 0.3) is 0 Å². The molecule has 186 valence electrons. The highest BCUT2D eigenvalue weighted by Gasteiger charge is 2.21. The lowest BCUT2D eigenvalue weighted by atomic mass is 10.1. The summed E-state index contributed by atoms with van der Waals surface area (Å²) < 4.78 is 26.6. The lowest BCUT2D eigenvalue weighted by Crippen LogP contribution is -2.31. The Morgan fingerprint density at radius 2 is 1.94 bits per heavy atom. The number of anilines is 3. The highest BCUT2D eigenvalue weighted by Crippen LogP contribution is 2.25. The van der Waals surface area contributed by atoms with E-state index in [2.05, 4.69) is 26.5 Å². The van der Waals surface area contributed by atoms with Gasteiger partial charge in [-0.25, -0.2) is 9.37 Å². The van der Waals surface area contributed by atoms with E-state index in [1.807, 2.05) is 30.3 Å². The number of aliphatic hydroxyl groups is 2. The van der Waals surface area contributed by atoms with Crippen molar-refractivity contribution in [3.8, 4) is 0 Å². The summed E-state index contributed by atoms with van der Waals surface area (Å²) in [5, 5.41) is 25.1.